The third-order valence-electron chi connectivity index (χ3n) is 5.42. The van der Waals surface area contributed by atoms with Gasteiger partial charge < -0.3 is 0 Å². The summed E-state index contributed by atoms with van der Waals surface area (Å²) in [5.41, 5.74) is 2.87. The predicted octanol–water partition coefficient (Wildman–Crippen LogP) is 7.05. The topological polar surface area (TPSA) is 3.88 Å². The van der Waals surface area contributed by atoms with Crippen molar-refractivity contribution in [1.82, 2.24) is 0 Å². The first kappa shape index (κ1) is 20.7. The summed E-state index contributed by atoms with van der Waals surface area (Å²) >= 11 is 0. The molecule has 1 aromatic heterocycles. The SMILES string of the molecule is CCCCCCCCCCCc1cc[n+](C(CC)c2ccccc2)cc1. The highest BCUT2D eigenvalue weighted by atomic mass is 15.0. The van der Waals surface area contributed by atoms with Crippen molar-refractivity contribution in [1.29, 1.82) is 0 Å². The summed E-state index contributed by atoms with van der Waals surface area (Å²) in [5.74, 6) is 0. The largest absolute Gasteiger partial charge is 0.198 e. The molecule has 142 valence electrons. The summed E-state index contributed by atoms with van der Waals surface area (Å²) in [6.45, 7) is 4.55. The fourth-order valence-electron chi connectivity index (χ4n) is 3.78. The highest BCUT2D eigenvalue weighted by molar-refractivity contribution is 5.17. The zero-order valence-corrected chi connectivity index (χ0v) is 17.0. The van der Waals surface area contributed by atoms with Crippen molar-refractivity contribution in [3.8, 4) is 0 Å². The molecule has 0 N–H and O–H groups in total. The first-order chi connectivity index (χ1) is 12.8. The second-order valence-electron chi connectivity index (χ2n) is 7.57. The number of unbranched alkanes of at least 4 members (excludes halogenated alkanes) is 8. The van der Waals surface area contributed by atoms with Gasteiger partial charge >= 0.3 is 0 Å². The molecule has 1 unspecified atom stereocenters. The van der Waals surface area contributed by atoms with E-state index in [1.165, 1.54) is 75.3 Å². The maximum atomic E-state index is 2.36. The van der Waals surface area contributed by atoms with Crippen LogP contribution in [0.2, 0.25) is 0 Å². The van der Waals surface area contributed by atoms with Crippen molar-refractivity contribution < 1.29 is 4.57 Å². The molecule has 2 aromatic rings. The number of pyridine rings is 1. The Morgan fingerprint density at radius 1 is 0.692 bits per heavy atom. The predicted molar refractivity (Wildman–Crippen MR) is 112 cm³/mol. The van der Waals surface area contributed by atoms with Crippen LogP contribution >= 0.6 is 0 Å². The van der Waals surface area contributed by atoms with Crippen molar-refractivity contribution >= 4 is 0 Å². The molecule has 0 amide bonds. The number of nitrogens with zero attached hydrogens (tertiary/aromatic N) is 1. The van der Waals surface area contributed by atoms with Gasteiger partial charge in [0.1, 0.15) is 0 Å². The van der Waals surface area contributed by atoms with E-state index in [1.807, 2.05) is 0 Å². The van der Waals surface area contributed by atoms with E-state index < -0.39 is 0 Å². The molecule has 26 heavy (non-hydrogen) atoms. The third-order valence-corrected chi connectivity index (χ3v) is 5.42. The summed E-state index contributed by atoms with van der Waals surface area (Å²) < 4.78 is 2.36. The second-order valence-corrected chi connectivity index (χ2v) is 7.57. The van der Waals surface area contributed by atoms with Crippen molar-refractivity contribution in [3.05, 3.63) is 66.0 Å². The summed E-state index contributed by atoms with van der Waals surface area (Å²) in [7, 11) is 0. The summed E-state index contributed by atoms with van der Waals surface area (Å²) in [4.78, 5) is 0. The van der Waals surface area contributed by atoms with Crippen LogP contribution in [-0.4, -0.2) is 0 Å². The van der Waals surface area contributed by atoms with E-state index in [0.29, 0.717) is 6.04 Å². The Kier molecular flexibility index (Phi) is 10.1. The third kappa shape index (κ3) is 7.32. The highest BCUT2D eigenvalue weighted by Gasteiger charge is 2.17. The monoisotopic (exact) mass is 352 g/mol. The Morgan fingerprint density at radius 3 is 1.85 bits per heavy atom. The van der Waals surface area contributed by atoms with E-state index in [2.05, 4.69) is 73.3 Å². The van der Waals surface area contributed by atoms with Crippen molar-refractivity contribution in [2.45, 2.75) is 90.5 Å². The fraction of sp³-hybridized carbons (Fsp3) is 0.560. The smallest absolute Gasteiger partial charge is 0.183 e. The Bertz CT molecular complexity index is 573. The van der Waals surface area contributed by atoms with E-state index in [0.717, 1.165) is 6.42 Å². The molecule has 0 fully saturated rings. The average molecular weight is 353 g/mol. The lowest BCUT2D eigenvalue weighted by Crippen LogP contribution is -2.39. The second kappa shape index (κ2) is 12.7. The van der Waals surface area contributed by atoms with Gasteiger partial charge in [0.25, 0.3) is 0 Å². The Labute approximate surface area is 161 Å². The van der Waals surface area contributed by atoms with Crippen LogP contribution in [0.1, 0.15) is 95.2 Å². The van der Waals surface area contributed by atoms with Gasteiger partial charge in [-0.2, -0.15) is 4.57 Å². The van der Waals surface area contributed by atoms with E-state index in [1.54, 1.807) is 0 Å². The van der Waals surface area contributed by atoms with Crippen LogP contribution in [-0.2, 0) is 6.42 Å². The van der Waals surface area contributed by atoms with E-state index in [9.17, 15) is 0 Å². The lowest BCUT2D eigenvalue weighted by molar-refractivity contribution is -0.714. The molecule has 2 rings (SSSR count). The Hall–Kier alpha value is -1.63. The number of hydrogen-bond donors (Lipinski definition) is 0. The molecule has 1 heteroatoms. The van der Waals surface area contributed by atoms with Gasteiger partial charge in [-0.05, 0) is 18.4 Å². The molecule has 0 aliphatic heterocycles. The van der Waals surface area contributed by atoms with Gasteiger partial charge in [0.15, 0.2) is 18.4 Å². The standard InChI is InChI=1S/C25H38N/c1-3-5-6-7-8-9-10-11-13-16-23-19-21-26(22-20-23)25(4-2)24-17-14-12-15-18-24/h12,14-15,17-22,25H,3-11,13,16H2,1-2H3/q+1. The normalized spacial score (nSPS) is 12.2. The molecule has 1 aromatic carbocycles. The van der Waals surface area contributed by atoms with Gasteiger partial charge in [-0.3, -0.25) is 0 Å². The molecular weight excluding hydrogens is 314 g/mol. The lowest BCUT2D eigenvalue weighted by Gasteiger charge is -2.11. The Morgan fingerprint density at radius 2 is 1.27 bits per heavy atom. The molecule has 0 bridgehead atoms. The van der Waals surface area contributed by atoms with Crippen LogP contribution in [0.5, 0.6) is 0 Å². The number of rotatable bonds is 13. The molecule has 0 aliphatic rings. The molecule has 1 nitrogen and oxygen atoms in total. The average Bonchev–Trinajstić information content (AvgIpc) is 2.69. The number of hydrogen-bond acceptors (Lipinski definition) is 0. The van der Waals surface area contributed by atoms with Crippen LogP contribution in [0.3, 0.4) is 0 Å². The molecule has 0 saturated carbocycles. The highest BCUT2D eigenvalue weighted by Crippen LogP contribution is 2.16. The van der Waals surface area contributed by atoms with Crippen molar-refractivity contribution in [2.24, 2.45) is 0 Å². The van der Waals surface area contributed by atoms with Crippen LogP contribution in [0, 0.1) is 0 Å². The first-order valence-corrected chi connectivity index (χ1v) is 10.9. The molecule has 0 aliphatic carbocycles. The van der Waals surface area contributed by atoms with E-state index in [4.69, 9.17) is 0 Å². The van der Waals surface area contributed by atoms with Crippen molar-refractivity contribution in [3.63, 3.8) is 0 Å². The zero-order valence-electron chi connectivity index (χ0n) is 17.0. The first-order valence-electron chi connectivity index (χ1n) is 10.9. The summed E-state index contributed by atoms with van der Waals surface area (Å²) in [6.07, 6.45) is 19.5. The molecule has 1 atom stereocenters. The van der Waals surface area contributed by atoms with Gasteiger partial charge in [-0.1, -0.05) is 95.5 Å². The molecule has 0 radical (unpaired) electrons. The maximum absolute atomic E-state index is 2.36. The number of aromatic nitrogens is 1. The molecule has 1 heterocycles. The minimum absolute atomic E-state index is 0.443. The van der Waals surface area contributed by atoms with Crippen molar-refractivity contribution in [2.75, 3.05) is 0 Å². The van der Waals surface area contributed by atoms with E-state index >= 15 is 0 Å². The minimum Gasteiger partial charge on any atom is -0.198 e. The minimum atomic E-state index is 0.443. The van der Waals surface area contributed by atoms with Gasteiger partial charge in [0.2, 0.25) is 0 Å². The summed E-state index contributed by atoms with van der Waals surface area (Å²) in [6, 6.07) is 15.9. The zero-order chi connectivity index (χ0) is 18.5. The number of aryl methyl sites for hydroxylation is 1. The molecule has 0 saturated heterocycles. The van der Waals surface area contributed by atoms with Gasteiger partial charge in [0, 0.05) is 24.1 Å². The summed E-state index contributed by atoms with van der Waals surface area (Å²) in [5, 5.41) is 0. The van der Waals surface area contributed by atoms with Gasteiger partial charge in [-0.15, -0.1) is 0 Å². The lowest BCUT2D eigenvalue weighted by atomic mass is 10.0. The number of benzene rings is 1. The van der Waals surface area contributed by atoms with Gasteiger partial charge in [-0.25, -0.2) is 0 Å². The van der Waals surface area contributed by atoms with E-state index in [-0.39, 0.29) is 0 Å². The molecular formula is C25H38N+. The molecule has 0 spiro atoms. The quantitative estimate of drug-likeness (QED) is 0.269. The van der Waals surface area contributed by atoms with Gasteiger partial charge in [0.05, 0.1) is 0 Å². The van der Waals surface area contributed by atoms with Crippen LogP contribution in [0.4, 0.5) is 0 Å². The van der Waals surface area contributed by atoms with Crippen LogP contribution < -0.4 is 4.57 Å². The van der Waals surface area contributed by atoms with Crippen LogP contribution in [0.15, 0.2) is 54.9 Å². The Balaban J connectivity index is 1.69. The van der Waals surface area contributed by atoms with Crippen LogP contribution in [0.25, 0.3) is 0 Å². The maximum Gasteiger partial charge on any atom is 0.183 e. The fourth-order valence-corrected chi connectivity index (χ4v) is 3.78.